The van der Waals surface area contributed by atoms with E-state index in [0.29, 0.717) is 13.0 Å². The highest BCUT2D eigenvalue weighted by molar-refractivity contribution is 5.95. The van der Waals surface area contributed by atoms with Crippen molar-refractivity contribution in [2.24, 2.45) is 5.84 Å². The number of halogens is 1. The van der Waals surface area contributed by atoms with Crippen molar-refractivity contribution in [2.75, 3.05) is 18.6 Å². The molecule has 4 N–H and O–H groups in total. The predicted octanol–water partition coefficient (Wildman–Crippen LogP) is 0.883. The van der Waals surface area contributed by atoms with Crippen molar-refractivity contribution in [3.63, 3.8) is 0 Å². The minimum Gasteiger partial charge on any atom is -0.396 e. The lowest BCUT2D eigenvalue weighted by atomic mass is 9.98. The van der Waals surface area contributed by atoms with Gasteiger partial charge in [-0.15, -0.1) is 0 Å². The number of nitrogens with two attached hydrogens (primary N) is 1. The number of carbonyl (C=O) groups is 1. The summed E-state index contributed by atoms with van der Waals surface area (Å²) in [5.41, 5.74) is 2.09. The number of piperidine rings is 1. The lowest BCUT2D eigenvalue weighted by Gasteiger charge is -2.35. The number of hydrazine groups is 1. The van der Waals surface area contributed by atoms with E-state index < -0.39 is 5.82 Å². The van der Waals surface area contributed by atoms with Crippen LogP contribution in [0.15, 0.2) is 12.3 Å². The maximum atomic E-state index is 14.1. The first-order chi connectivity index (χ1) is 9.69. The summed E-state index contributed by atoms with van der Waals surface area (Å²) in [6, 6.07) is 1.31. The third kappa shape index (κ3) is 2.88. The smallest absolute Gasteiger partial charge is 0.257 e. The molecule has 1 atom stereocenters. The first-order valence-electron chi connectivity index (χ1n) is 6.72. The van der Waals surface area contributed by atoms with Crippen LogP contribution in [-0.2, 0) is 0 Å². The molecule has 0 spiro atoms. The van der Waals surface area contributed by atoms with Gasteiger partial charge in [0.25, 0.3) is 5.91 Å². The van der Waals surface area contributed by atoms with Crippen molar-refractivity contribution in [2.45, 2.75) is 31.7 Å². The molecule has 6 nitrogen and oxygen atoms in total. The van der Waals surface area contributed by atoms with E-state index in [1.54, 1.807) is 4.90 Å². The Bertz CT molecular complexity index is 481. The van der Waals surface area contributed by atoms with Crippen LogP contribution < -0.4 is 11.3 Å². The van der Waals surface area contributed by atoms with Gasteiger partial charge in [-0.2, -0.15) is 0 Å². The van der Waals surface area contributed by atoms with Crippen LogP contribution in [0.5, 0.6) is 0 Å². The normalized spacial score (nSPS) is 18.9. The second kappa shape index (κ2) is 6.62. The van der Waals surface area contributed by atoms with E-state index in [1.807, 2.05) is 0 Å². The highest BCUT2D eigenvalue weighted by Crippen LogP contribution is 2.24. The van der Waals surface area contributed by atoms with E-state index in [4.69, 9.17) is 10.9 Å². The van der Waals surface area contributed by atoms with Gasteiger partial charge in [0.15, 0.2) is 11.6 Å². The maximum Gasteiger partial charge on any atom is 0.257 e. The summed E-state index contributed by atoms with van der Waals surface area (Å²) in [5.74, 6) is 3.90. The van der Waals surface area contributed by atoms with Crippen LogP contribution in [0.25, 0.3) is 0 Å². The first kappa shape index (κ1) is 14.7. The fourth-order valence-corrected chi connectivity index (χ4v) is 2.58. The molecule has 1 aromatic rings. The van der Waals surface area contributed by atoms with Crippen LogP contribution in [-0.4, -0.2) is 40.1 Å². The quantitative estimate of drug-likeness (QED) is 0.563. The molecular weight excluding hydrogens is 263 g/mol. The Morgan fingerprint density at radius 3 is 3.10 bits per heavy atom. The molecule has 1 fully saturated rings. The summed E-state index contributed by atoms with van der Waals surface area (Å²) in [6.45, 7) is 0.597. The molecule has 1 aromatic heterocycles. The van der Waals surface area contributed by atoms with Gasteiger partial charge < -0.3 is 15.4 Å². The van der Waals surface area contributed by atoms with E-state index in [0.717, 1.165) is 19.3 Å². The molecule has 1 aliphatic rings. The number of anilines is 1. The molecule has 0 radical (unpaired) electrons. The van der Waals surface area contributed by atoms with Gasteiger partial charge in [0.05, 0.1) is 5.56 Å². The van der Waals surface area contributed by atoms with Gasteiger partial charge in [0.2, 0.25) is 0 Å². The van der Waals surface area contributed by atoms with Crippen molar-refractivity contribution < 1.29 is 14.3 Å². The van der Waals surface area contributed by atoms with Crippen LogP contribution in [0.2, 0.25) is 0 Å². The zero-order valence-electron chi connectivity index (χ0n) is 11.2. The molecular formula is C13H19FN4O2. The number of carbonyl (C=O) groups excluding carboxylic acids is 1. The minimum absolute atomic E-state index is 0.0167. The Balaban J connectivity index is 2.25. The first-order valence-corrected chi connectivity index (χ1v) is 6.72. The second-order valence-corrected chi connectivity index (χ2v) is 4.83. The summed E-state index contributed by atoms with van der Waals surface area (Å²) >= 11 is 0. The number of aliphatic hydroxyl groups is 1. The van der Waals surface area contributed by atoms with Gasteiger partial charge >= 0.3 is 0 Å². The number of aliphatic hydroxyl groups excluding tert-OH is 1. The van der Waals surface area contributed by atoms with Crippen molar-refractivity contribution in [1.82, 2.24) is 9.88 Å². The van der Waals surface area contributed by atoms with E-state index in [-0.39, 0.29) is 29.9 Å². The molecule has 110 valence electrons. The average molecular weight is 282 g/mol. The van der Waals surface area contributed by atoms with Crippen LogP contribution in [0.3, 0.4) is 0 Å². The SMILES string of the molecule is NNc1nccc(C(=O)N2CCCCC2CCO)c1F. The highest BCUT2D eigenvalue weighted by Gasteiger charge is 2.29. The predicted molar refractivity (Wildman–Crippen MR) is 72.4 cm³/mol. The van der Waals surface area contributed by atoms with Crippen LogP contribution in [0.4, 0.5) is 10.2 Å². The Morgan fingerprint density at radius 1 is 1.60 bits per heavy atom. The lowest BCUT2D eigenvalue weighted by Crippen LogP contribution is -2.44. The highest BCUT2D eigenvalue weighted by atomic mass is 19.1. The molecule has 0 aromatic carbocycles. The van der Waals surface area contributed by atoms with Gasteiger partial charge in [-0.1, -0.05) is 0 Å². The van der Waals surface area contributed by atoms with E-state index in [9.17, 15) is 9.18 Å². The van der Waals surface area contributed by atoms with Crippen molar-refractivity contribution in [3.05, 3.63) is 23.6 Å². The molecule has 7 heteroatoms. The number of nitrogens with one attached hydrogen (secondary N) is 1. The number of aromatic nitrogens is 1. The van der Waals surface area contributed by atoms with Gasteiger partial charge in [0, 0.05) is 25.4 Å². The average Bonchev–Trinajstić information content (AvgIpc) is 2.48. The third-order valence-corrected chi connectivity index (χ3v) is 3.61. The molecule has 1 amide bonds. The molecule has 1 unspecified atom stereocenters. The lowest BCUT2D eigenvalue weighted by molar-refractivity contribution is 0.0570. The Morgan fingerprint density at radius 2 is 2.40 bits per heavy atom. The molecule has 1 aliphatic heterocycles. The summed E-state index contributed by atoms with van der Waals surface area (Å²) in [5, 5.41) is 9.08. The Hall–Kier alpha value is -1.73. The summed E-state index contributed by atoms with van der Waals surface area (Å²) < 4.78 is 14.1. The summed E-state index contributed by atoms with van der Waals surface area (Å²) in [6.07, 6.45) is 4.60. The standard InChI is InChI=1S/C13H19FN4O2/c14-11-10(4-6-16-12(11)17-15)13(20)18-7-2-1-3-9(18)5-8-19/h4,6,9,19H,1-3,5,7-8,15H2,(H,16,17). The van der Waals surface area contributed by atoms with E-state index in [2.05, 4.69) is 10.4 Å². The van der Waals surface area contributed by atoms with Crippen LogP contribution in [0, 0.1) is 5.82 Å². The Labute approximate surface area is 116 Å². The van der Waals surface area contributed by atoms with E-state index >= 15 is 0 Å². The zero-order chi connectivity index (χ0) is 14.5. The molecule has 1 saturated heterocycles. The number of likely N-dealkylation sites (tertiary alicyclic amines) is 1. The third-order valence-electron chi connectivity index (χ3n) is 3.61. The van der Waals surface area contributed by atoms with Crippen LogP contribution in [0.1, 0.15) is 36.0 Å². The topological polar surface area (TPSA) is 91.5 Å². The molecule has 0 saturated carbocycles. The van der Waals surface area contributed by atoms with Crippen molar-refractivity contribution in [3.8, 4) is 0 Å². The largest absolute Gasteiger partial charge is 0.396 e. The number of hydrogen-bond acceptors (Lipinski definition) is 5. The molecule has 0 aliphatic carbocycles. The number of nitrogens with zero attached hydrogens (tertiary/aromatic N) is 2. The molecule has 0 bridgehead atoms. The zero-order valence-corrected chi connectivity index (χ0v) is 11.2. The fourth-order valence-electron chi connectivity index (χ4n) is 2.58. The van der Waals surface area contributed by atoms with Crippen molar-refractivity contribution >= 4 is 11.7 Å². The fraction of sp³-hybridized carbons (Fsp3) is 0.538. The minimum atomic E-state index is -0.742. The summed E-state index contributed by atoms with van der Waals surface area (Å²) in [4.78, 5) is 17.8. The van der Waals surface area contributed by atoms with Gasteiger partial charge in [0.1, 0.15) is 0 Å². The van der Waals surface area contributed by atoms with E-state index in [1.165, 1.54) is 12.3 Å². The van der Waals surface area contributed by atoms with Gasteiger partial charge in [-0.3, -0.25) is 4.79 Å². The van der Waals surface area contributed by atoms with Gasteiger partial charge in [-0.05, 0) is 31.7 Å². The Kier molecular flexibility index (Phi) is 4.86. The monoisotopic (exact) mass is 282 g/mol. The van der Waals surface area contributed by atoms with Crippen LogP contribution >= 0.6 is 0 Å². The number of rotatable bonds is 4. The molecule has 2 rings (SSSR count). The summed E-state index contributed by atoms with van der Waals surface area (Å²) in [7, 11) is 0. The maximum absolute atomic E-state index is 14.1. The number of pyridine rings is 1. The van der Waals surface area contributed by atoms with Gasteiger partial charge in [-0.25, -0.2) is 15.2 Å². The second-order valence-electron chi connectivity index (χ2n) is 4.83. The van der Waals surface area contributed by atoms with Crippen molar-refractivity contribution in [1.29, 1.82) is 0 Å². The number of hydrogen-bond donors (Lipinski definition) is 3. The molecule has 20 heavy (non-hydrogen) atoms. The number of nitrogen functional groups attached to an aromatic ring is 1. The number of amides is 1. The molecule has 2 heterocycles.